The van der Waals surface area contributed by atoms with Crippen molar-refractivity contribution < 1.29 is 28.6 Å². The summed E-state index contributed by atoms with van der Waals surface area (Å²) in [5.41, 5.74) is 11.7. The van der Waals surface area contributed by atoms with Crippen molar-refractivity contribution in [2.24, 2.45) is 5.92 Å². The Morgan fingerprint density at radius 3 is 2.08 bits per heavy atom. The van der Waals surface area contributed by atoms with Gasteiger partial charge >= 0.3 is 132 Å². The maximum absolute atomic E-state index is 8.90. The van der Waals surface area contributed by atoms with E-state index in [0.717, 1.165) is 99.7 Å². The Labute approximate surface area is 377 Å². The van der Waals surface area contributed by atoms with Gasteiger partial charge in [0.1, 0.15) is 5.58 Å². The van der Waals surface area contributed by atoms with Crippen LogP contribution in [0.15, 0.2) is 144 Å². The Kier molecular flexibility index (Phi) is 12.1. The van der Waals surface area contributed by atoms with Gasteiger partial charge in [0.15, 0.2) is 0 Å². The number of pyridine rings is 2. The van der Waals surface area contributed by atoms with E-state index in [2.05, 4.69) is 136 Å². The van der Waals surface area contributed by atoms with Crippen molar-refractivity contribution in [3.05, 3.63) is 163 Å². The normalized spacial score (nSPS) is 16.3. The average molecular weight is 1030 g/mol. The number of fused-ring (bicyclic) bond motifs is 3. The molecule has 5 aromatic carbocycles. The van der Waals surface area contributed by atoms with Gasteiger partial charge in [-0.15, -0.1) is 23.8 Å². The molecular formula is C55H54GeIrN2O-2. The zero-order valence-electron chi connectivity index (χ0n) is 37.9. The Balaban J connectivity index is 0.000000201. The summed E-state index contributed by atoms with van der Waals surface area (Å²) in [6, 6.07) is 50.2. The Morgan fingerprint density at radius 1 is 0.650 bits per heavy atom. The quantitative estimate of drug-likeness (QED) is 0.112. The predicted octanol–water partition coefficient (Wildman–Crippen LogP) is 14.7. The Morgan fingerprint density at radius 2 is 1.35 bits per heavy atom. The first kappa shape index (κ1) is 38.3. The molecule has 305 valence electrons. The fourth-order valence-corrected chi connectivity index (χ4v) is 10.8. The van der Waals surface area contributed by atoms with Crippen LogP contribution in [0.5, 0.6) is 0 Å². The fourth-order valence-electron chi connectivity index (χ4n) is 8.61. The van der Waals surface area contributed by atoms with E-state index in [1.54, 1.807) is 6.20 Å². The molecule has 1 radical (unpaired) electrons. The molecule has 3 nitrogen and oxygen atoms in total. The fraction of sp³-hybridized carbons (Fsp3) is 0.273. The molecule has 3 aromatic heterocycles. The van der Waals surface area contributed by atoms with Crippen molar-refractivity contribution in [2.75, 3.05) is 0 Å². The molecule has 0 bridgehead atoms. The van der Waals surface area contributed by atoms with Crippen LogP contribution in [0.3, 0.4) is 0 Å². The van der Waals surface area contributed by atoms with Crippen LogP contribution in [0, 0.1) is 18.1 Å². The summed E-state index contributed by atoms with van der Waals surface area (Å²) in [6.45, 7) is 0. The second-order valence-corrected chi connectivity index (χ2v) is 27.9. The van der Waals surface area contributed by atoms with Crippen molar-refractivity contribution in [2.45, 2.75) is 87.3 Å². The first-order chi connectivity index (χ1) is 29.9. The standard InChI is InChI=1S/C36H30NO.C19H24GeN.Ir/c1-3-7-25(8-4-1)21-26-19-20-37-34(22-26)31-16-18-35-33(23-31)32-17-15-30(24-36(32)38-35)29-13-11-28(12-14-29)27-9-5-2-6-10-27;1-20(2,3)18-11-12-19(21-14-18)17-10-6-9-16(13-17)15-7-4-5-8-15;/h2,5-6,9-15,17-20,22-25H,1,3-4,7-8,21H2;6,9,11-15H,4-5,7-8H2,1-3H3;/q2*-1;/i21D2;15D;. The summed E-state index contributed by atoms with van der Waals surface area (Å²) in [5.74, 6) is 6.81. The molecule has 2 saturated carbocycles. The molecule has 3 heterocycles. The van der Waals surface area contributed by atoms with Gasteiger partial charge in [-0.05, 0) is 52.4 Å². The molecule has 0 amide bonds. The van der Waals surface area contributed by atoms with E-state index in [4.69, 9.17) is 8.53 Å². The van der Waals surface area contributed by atoms with Crippen molar-refractivity contribution in [1.82, 2.24) is 9.97 Å². The van der Waals surface area contributed by atoms with E-state index in [1.165, 1.54) is 34.8 Å². The van der Waals surface area contributed by atoms with Gasteiger partial charge in [-0.25, -0.2) is 0 Å². The van der Waals surface area contributed by atoms with Crippen LogP contribution in [0.4, 0.5) is 0 Å². The molecular weight excluding hydrogens is 969 g/mol. The Hall–Kier alpha value is -4.61. The molecule has 0 unspecified atom stereocenters. The van der Waals surface area contributed by atoms with E-state index in [0.29, 0.717) is 5.56 Å². The minimum Gasteiger partial charge on any atom is 0 e. The number of nitrogens with zero attached hydrogens (tertiary/aromatic N) is 2. The second-order valence-electron chi connectivity index (χ2n) is 17.3. The van der Waals surface area contributed by atoms with Crippen LogP contribution in [-0.2, 0) is 26.5 Å². The third-order valence-electron chi connectivity index (χ3n) is 12.1. The zero-order chi connectivity index (χ0) is 42.9. The third-order valence-corrected chi connectivity index (χ3v) is 16.3. The minimum atomic E-state index is -1.80. The molecule has 2 aliphatic carbocycles. The summed E-state index contributed by atoms with van der Waals surface area (Å²) in [4.78, 5) is 9.25. The SMILES string of the molecule is [2H]C([2H])(c1ccnc(-c2[c-]cc3oc4cc(-c5ccc(-c6ccccc6)cc5)ccc4c3c2)c1)C1CCCCC1.[2H]C1(c2cc[c-]c(-c3cc[c]([Ge]([CH3])([CH3])[CH3])cn3)c2)CCCC1.[Ir]. The topological polar surface area (TPSA) is 38.9 Å². The zero-order valence-corrected chi connectivity index (χ0v) is 39.3. The number of hydrogen-bond donors (Lipinski definition) is 0. The van der Waals surface area contributed by atoms with Crippen LogP contribution >= 0.6 is 0 Å². The molecule has 10 rings (SSSR count). The number of rotatable bonds is 8. The number of furan rings is 1. The minimum absolute atomic E-state index is 0. The molecule has 8 aromatic rings. The first-order valence-electron chi connectivity index (χ1n) is 22.9. The second kappa shape index (κ2) is 19.0. The third kappa shape index (κ3) is 9.78. The first-order valence-corrected chi connectivity index (χ1v) is 28.8. The Bertz CT molecular complexity index is 2810. The maximum atomic E-state index is 8.90. The van der Waals surface area contributed by atoms with Crippen molar-refractivity contribution in [3.8, 4) is 44.8 Å². The van der Waals surface area contributed by atoms with E-state index >= 15 is 0 Å². The van der Waals surface area contributed by atoms with Crippen molar-refractivity contribution in [3.63, 3.8) is 0 Å². The van der Waals surface area contributed by atoms with Crippen LogP contribution in [0.2, 0.25) is 17.3 Å². The summed E-state index contributed by atoms with van der Waals surface area (Å²) in [5, 5.41) is 2.06. The summed E-state index contributed by atoms with van der Waals surface area (Å²) in [7, 11) is 0. The number of benzene rings is 5. The molecule has 0 spiro atoms. The summed E-state index contributed by atoms with van der Waals surface area (Å²) >= 11 is -1.80. The number of aromatic nitrogens is 2. The summed E-state index contributed by atoms with van der Waals surface area (Å²) < 4.78 is 34.1. The molecule has 60 heavy (non-hydrogen) atoms. The van der Waals surface area contributed by atoms with Gasteiger partial charge in [-0.2, -0.15) is 0 Å². The average Bonchev–Trinajstić information content (AvgIpc) is 3.93. The molecule has 2 aliphatic rings. The van der Waals surface area contributed by atoms with Crippen LogP contribution < -0.4 is 4.40 Å². The molecule has 0 saturated heterocycles. The molecule has 0 atom stereocenters. The van der Waals surface area contributed by atoms with E-state index in [-0.39, 0.29) is 26.0 Å². The van der Waals surface area contributed by atoms with Gasteiger partial charge < -0.3 is 9.40 Å². The smallest absolute Gasteiger partial charge is 0 e. The van der Waals surface area contributed by atoms with Crippen LogP contribution in [-0.4, -0.2) is 23.2 Å². The van der Waals surface area contributed by atoms with Gasteiger partial charge in [0.2, 0.25) is 0 Å². The molecule has 5 heteroatoms. The predicted molar refractivity (Wildman–Crippen MR) is 250 cm³/mol. The maximum Gasteiger partial charge on any atom is 0 e. The monoisotopic (exact) mass is 1030 g/mol. The van der Waals surface area contributed by atoms with Crippen LogP contribution in [0.1, 0.15) is 78.9 Å². The molecule has 0 aliphatic heterocycles. The van der Waals surface area contributed by atoms with E-state index in [1.807, 2.05) is 36.5 Å². The van der Waals surface area contributed by atoms with E-state index < -0.39 is 25.5 Å². The van der Waals surface area contributed by atoms with Crippen molar-refractivity contribution in [1.29, 1.82) is 0 Å². The molecule has 2 fully saturated rings. The van der Waals surface area contributed by atoms with Gasteiger partial charge in [-0.3, -0.25) is 0 Å². The number of hydrogen-bond acceptors (Lipinski definition) is 3. The van der Waals surface area contributed by atoms with Gasteiger partial charge in [-0.1, -0.05) is 116 Å². The summed E-state index contributed by atoms with van der Waals surface area (Å²) in [6.07, 6.45) is 12.0. The van der Waals surface area contributed by atoms with Gasteiger partial charge in [0, 0.05) is 34.4 Å². The van der Waals surface area contributed by atoms with Gasteiger partial charge in [0.25, 0.3) is 0 Å². The largest absolute Gasteiger partial charge is 0 e. The van der Waals surface area contributed by atoms with Gasteiger partial charge in [0.05, 0.1) is 5.58 Å². The van der Waals surface area contributed by atoms with Crippen LogP contribution in [0.25, 0.3) is 66.7 Å². The van der Waals surface area contributed by atoms with E-state index in [9.17, 15) is 0 Å². The molecule has 0 N–H and O–H groups in total. The van der Waals surface area contributed by atoms with Crippen molar-refractivity contribution >= 4 is 39.6 Å².